The standard InChI is InChI=1S/C16H14FN3S/c17-12-7-8-20(10-12)15-6-5-11(9-18-15)16-19-13-3-1-2-4-14(13)21-16/h1-6,9,12H,7-8,10H2. The van der Waals surface area contributed by atoms with E-state index in [2.05, 4.69) is 16.0 Å². The van der Waals surface area contributed by atoms with Crippen molar-refractivity contribution in [3.8, 4) is 10.6 Å². The number of thiazole rings is 1. The number of halogens is 1. The second kappa shape index (κ2) is 5.07. The molecule has 1 atom stereocenters. The predicted octanol–water partition coefficient (Wildman–Crippen LogP) is 3.91. The molecule has 1 aromatic carbocycles. The van der Waals surface area contributed by atoms with Gasteiger partial charge >= 0.3 is 0 Å². The molecule has 3 heterocycles. The molecule has 106 valence electrons. The Hall–Kier alpha value is -2.01. The van der Waals surface area contributed by atoms with Crippen LogP contribution in [0.2, 0.25) is 0 Å². The fourth-order valence-electron chi connectivity index (χ4n) is 2.62. The van der Waals surface area contributed by atoms with E-state index in [1.165, 1.54) is 4.70 Å². The lowest BCUT2D eigenvalue weighted by Crippen LogP contribution is -2.20. The Balaban J connectivity index is 1.63. The van der Waals surface area contributed by atoms with E-state index in [0.717, 1.165) is 28.5 Å². The maximum absolute atomic E-state index is 13.2. The van der Waals surface area contributed by atoms with Crippen LogP contribution in [-0.4, -0.2) is 29.2 Å². The molecule has 1 saturated heterocycles. The van der Waals surface area contributed by atoms with E-state index in [1.54, 1.807) is 11.3 Å². The third kappa shape index (κ3) is 2.38. The lowest BCUT2D eigenvalue weighted by molar-refractivity contribution is 0.364. The van der Waals surface area contributed by atoms with E-state index in [0.29, 0.717) is 13.0 Å². The van der Waals surface area contributed by atoms with Crippen LogP contribution in [0.1, 0.15) is 6.42 Å². The summed E-state index contributed by atoms with van der Waals surface area (Å²) in [7, 11) is 0. The first-order valence-electron chi connectivity index (χ1n) is 7.00. The zero-order chi connectivity index (χ0) is 14.2. The topological polar surface area (TPSA) is 29.0 Å². The van der Waals surface area contributed by atoms with Gasteiger partial charge < -0.3 is 4.90 Å². The van der Waals surface area contributed by atoms with Crippen LogP contribution in [0.3, 0.4) is 0 Å². The summed E-state index contributed by atoms with van der Waals surface area (Å²) in [4.78, 5) is 11.1. The molecule has 1 unspecified atom stereocenters. The number of benzene rings is 1. The Kier molecular flexibility index (Phi) is 3.07. The van der Waals surface area contributed by atoms with Crippen molar-refractivity contribution in [3.63, 3.8) is 0 Å². The molecule has 0 spiro atoms. The van der Waals surface area contributed by atoms with Crippen molar-refractivity contribution in [1.82, 2.24) is 9.97 Å². The first-order valence-corrected chi connectivity index (χ1v) is 7.82. The third-order valence-corrected chi connectivity index (χ3v) is 4.83. The second-order valence-corrected chi connectivity index (χ2v) is 6.25. The minimum atomic E-state index is -0.726. The molecule has 5 heteroatoms. The van der Waals surface area contributed by atoms with Gasteiger partial charge in [0, 0.05) is 18.3 Å². The first kappa shape index (κ1) is 12.7. The SMILES string of the molecule is FC1CCN(c2ccc(-c3nc4ccccc4s3)cn2)C1. The number of hydrogen-bond acceptors (Lipinski definition) is 4. The van der Waals surface area contributed by atoms with Crippen molar-refractivity contribution in [1.29, 1.82) is 0 Å². The van der Waals surface area contributed by atoms with Gasteiger partial charge in [0.1, 0.15) is 17.0 Å². The summed E-state index contributed by atoms with van der Waals surface area (Å²) in [6, 6.07) is 12.1. The van der Waals surface area contributed by atoms with Crippen molar-refractivity contribution < 1.29 is 4.39 Å². The van der Waals surface area contributed by atoms with Gasteiger partial charge in [0.25, 0.3) is 0 Å². The lowest BCUT2D eigenvalue weighted by Gasteiger charge is -2.15. The summed E-state index contributed by atoms with van der Waals surface area (Å²) >= 11 is 1.66. The van der Waals surface area contributed by atoms with E-state index in [1.807, 2.05) is 41.4 Å². The summed E-state index contributed by atoms with van der Waals surface area (Å²) in [5.74, 6) is 0.847. The van der Waals surface area contributed by atoms with Crippen molar-refractivity contribution >= 4 is 27.4 Å². The number of para-hydroxylation sites is 1. The molecule has 1 fully saturated rings. The molecule has 1 aliphatic rings. The highest BCUT2D eigenvalue weighted by Crippen LogP contribution is 2.30. The van der Waals surface area contributed by atoms with Crippen molar-refractivity contribution in [2.75, 3.05) is 18.0 Å². The van der Waals surface area contributed by atoms with Crippen molar-refractivity contribution in [2.45, 2.75) is 12.6 Å². The molecule has 0 N–H and O–H groups in total. The fourth-order valence-corrected chi connectivity index (χ4v) is 3.58. The first-order chi connectivity index (χ1) is 10.3. The highest BCUT2D eigenvalue weighted by Gasteiger charge is 2.22. The number of fused-ring (bicyclic) bond motifs is 1. The minimum Gasteiger partial charge on any atom is -0.354 e. The average molecular weight is 299 g/mol. The van der Waals surface area contributed by atoms with Crippen LogP contribution < -0.4 is 4.90 Å². The van der Waals surface area contributed by atoms with Crippen LogP contribution >= 0.6 is 11.3 Å². The largest absolute Gasteiger partial charge is 0.354 e. The maximum atomic E-state index is 13.2. The van der Waals surface area contributed by atoms with Gasteiger partial charge in [-0.1, -0.05) is 12.1 Å². The molecular formula is C16H14FN3S. The molecule has 0 radical (unpaired) electrons. The molecule has 0 bridgehead atoms. The number of pyridine rings is 1. The van der Waals surface area contributed by atoms with E-state index in [-0.39, 0.29) is 0 Å². The van der Waals surface area contributed by atoms with Gasteiger partial charge in [-0.05, 0) is 30.7 Å². The van der Waals surface area contributed by atoms with Crippen LogP contribution in [0, 0.1) is 0 Å². The zero-order valence-electron chi connectivity index (χ0n) is 11.4. The van der Waals surface area contributed by atoms with Crippen LogP contribution in [0.4, 0.5) is 10.2 Å². The molecule has 3 aromatic rings. The monoisotopic (exact) mass is 299 g/mol. The number of alkyl halides is 1. The van der Waals surface area contributed by atoms with E-state index < -0.39 is 6.17 Å². The van der Waals surface area contributed by atoms with Crippen LogP contribution in [-0.2, 0) is 0 Å². The zero-order valence-corrected chi connectivity index (χ0v) is 12.2. The maximum Gasteiger partial charge on any atom is 0.128 e. The Morgan fingerprint density at radius 2 is 2.10 bits per heavy atom. The summed E-state index contributed by atoms with van der Waals surface area (Å²) < 4.78 is 14.4. The molecule has 0 amide bonds. The van der Waals surface area contributed by atoms with Gasteiger partial charge in [-0.3, -0.25) is 0 Å². The van der Waals surface area contributed by atoms with E-state index in [9.17, 15) is 4.39 Å². The summed E-state index contributed by atoms with van der Waals surface area (Å²) in [6.07, 6.45) is 1.70. The van der Waals surface area contributed by atoms with Gasteiger partial charge in [-0.15, -0.1) is 11.3 Å². The molecule has 0 saturated carbocycles. The van der Waals surface area contributed by atoms with Crippen LogP contribution in [0.25, 0.3) is 20.8 Å². The Morgan fingerprint density at radius 3 is 2.81 bits per heavy atom. The van der Waals surface area contributed by atoms with Crippen LogP contribution in [0.5, 0.6) is 0 Å². The highest BCUT2D eigenvalue weighted by molar-refractivity contribution is 7.21. The quantitative estimate of drug-likeness (QED) is 0.718. The number of nitrogens with zero attached hydrogens (tertiary/aromatic N) is 3. The Labute approximate surface area is 126 Å². The van der Waals surface area contributed by atoms with Gasteiger partial charge in [0.05, 0.1) is 16.8 Å². The molecular weight excluding hydrogens is 285 g/mol. The summed E-state index contributed by atoms with van der Waals surface area (Å²) in [5.41, 5.74) is 2.03. The molecule has 3 nitrogen and oxygen atoms in total. The fraction of sp³-hybridized carbons (Fsp3) is 0.250. The molecule has 0 aliphatic carbocycles. The molecule has 1 aliphatic heterocycles. The highest BCUT2D eigenvalue weighted by atomic mass is 32.1. The van der Waals surface area contributed by atoms with Gasteiger partial charge in [0.2, 0.25) is 0 Å². The third-order valence-electron chi connectivity index (χ3n) is 3.74. The van der Waals surface area contributed by atoms with Gasteiger partial charge in [0.15, 0.2) is 0 Å². The van der Waals surface area contributed by atoms with Crippen molar-refractivity contribution in [3.05, 3.63) is 42.6 Å². The second-order valence-electron chi connectivity index (χ2n) is 5.22. The number of anilines is 1. The summed E-state index contributed by atoms with van der Waals surface area (Å²) in [5, 5.41) is 0.972. The Morgan fingerprint density at radius 1 is 1.19 bits per heavy atom. The van der Waals surface area contributed by atoms with E-state index >= 15 is 0 Å². The number of hydrogen-bond donors (Lipinski definition) is 0. The predicted molar refractivity (Wildman–Crippen MR) is 84.6 cm³/mol. The molecule has 4 rings (SSSR count). The summed E-state index contributed by atoms with van der Waals surface area (Å²) in [6.45, 7) is 1.20. The smallest absolute Gasteiger partial charge is 0.128 e. The molecule has 2 aromatic heterocycles. The molecule has 21 heavy (non-hydrogen) atoms. The number of rotatable bonds is 2. The lowest BCUT2D eigenvalue weighted by atomic mass is 10.3. The minimum absolute atomic E-state index is 0.452. The van der Waals surface area contributed by atoms with Crippen LogP contribution in [0.15, 0.2) is 42.6 Å². The van der Waals surface area contributed by atoms with Gasteiger partial charge in [-0.25, -0.2) is 14.4 Å². The van der Waals surface area contributed by atoms with E-state index in [4.69, 9.17) is 0 Å². The normalized spacial score (nSPS) is 18.5. The average Bonchev–Trinajstić information content (AvgIpc) is 3.13. The number of aromatic nitrogens is 2. The van der Waals surface area contributed by atoms with Crippen molar-refractivity contribution in [2.24, 2.45) is 0 Å². The van der Waals surface area contributed by atoms with Gasteiger partial charge in [-0.2, -0.15) is 0 Å². The Bertz CT molecular complexity index is 736.